The molecule has 1 atom stereocenters. The Balaban J connectivity index is 1.66. The molecule has 1 aliphatic rings. The number of nitrogens with one attached hydrogen (secondary N) is 2. The van der Waals surface area contributed by atoms with Crippen LogP contribution in [0.1, 0.15) is 12.5 Å². The first-order chi connectivity index (χ1) is 13.7. The zero-order chi connectivity index (χ0) is 21.2. The molecule has 0 bridgehead atoms. The first-order valence-electron chi connectivity index (χ1n) is 8.44. The summed E-state index contributed by atoms with van der Waals surface area (Å²) in [6.07, 6.45) is 0. The van der Waals surface area contributed by atoms with E-state index < -0.39 is 36.5 Å². The lowest BCUT2D eigenvalue weighted by Gasteiger charge is -2.22. The number of anilines is 1. The highest BCUT2D eigenvalue weighted by atomic mass is 35.5. The summed E-state index contributed by atoms with van der Waals surface area (Å²) in [5.41, 5.74) is -0.502. The fourth-order valence-corrected chi connectivity index (χ4v) is 3.01. The maximum Gasteiger partial charge on any atom is 0.387 e. The van der Waals surface area contributed by atoms with Gasteiger partial charge < -0.3 is 15.4 Å². The molecule has 0 unspecified atom stereocenters. The number of nitrogens with zero attached hydrogens (tertiary/aromatic N) is 1. The monoisotopic (exact) mass is 423 g/mol. The molecule has 2 aromatic carbocycles. The van der Waals surface area contributed by atoms with Crippen LogP contribution in [0.4, 0.5) is 19.3 Å². The minimum Gasteiger partial charge on any atom is -0.435 e. The van der Waals surface area contributed by atoms with Gasteiger partial charge in [-0.2, -0.15) is 8.78 Å². The zero-order valence-electron chi connectivity index (χ0n) is 15.1. The van der Waals surface area contributed by atoms with E-state index in [4.69, 9.17) is 11.6 Å². The average molecular weight is 424 g/mol. The van der Waals surface area contributed by atoms with E-state index in [0.717, 1.165) is 4.90 Å². The molecule has 2 N–H and O–H groups in total. The van der Waals surface area contributed by atoms with Crippen LogP contribution in [-0.2, 0) is 15.1 Å². The predicted octanol–water partition coefficient (Wildman–Crippen LogP) is 3.35. The molecule has 29 heavy (non-hydrogen) atoms. The van der Waals surface area contributed by atoms with Gasteiger partial charge in [0.15, 0.2) is 0 Å². The highest BCUT2D eigenvalue weighted by Crippen LogP contribution is 2.29. The number of carbonyl (C=O) groups is 3. The van der Waals surface area contributed by atoms with Crippen LogP contribution in [-0.4, -0.2) is 35.9 Å². The van der Waals surface area contributed by atoms with E-state index in [0.29, 0.717) is 16.3 Å². The summed E-state index contributed by atoms with van der Waals surface area (Å²) < 4.78 is 28.5. The van der Waals surface area contributed by atoms with E-state index in [2.05, 4.69) is 15.4 Å². The van der Waals surface area contributed by atoms with Crippen molar-refractivity contribution in [3.8, 4) is 5.75 Å². The van der Waals surface area contributed by atoms with Crippen LogP contribution in [0, 0.1) is 0 Å². The highest BCUT2D eigenvalue weighted by Gasteiger charge is 2.49. The van der Waals surface area contributed by atoms with Gasteiger partial charge in [-0.25, -0.2) is 4.79 Å². The Morgan fingerprint density at radius 3 is 2.38 bits per heavy atom. The quantitative estimate of drug-likeness (QED) is 0.697. The summed E-state index contributed by atoms with van der Waals surface area (Å²) in [6.45, 7) is -1.93. The van der Waals surface area contributed by atoms with Gasteiger partial charge in [0.05, 0.1) is 0 Å². The standard InChI is InChI=1S/C19H16ClF2N3O4/c1-19(11-2-4-12(20)5-3-11)16(27)25(18(28)24-19)10-15(26)23-13-6-8-14(9-7-13)29-17(21)22/h2-9,17H,10H2,1H3,(H,23,26)(H,24,28)/t19-/m0/s1. The number of hydrogen-bond donors (Lipinski definition) is 2. The second-order valence-corrected chi connectivity index (χ2v) is 6.84. The number of halogens is 3. The van der Waals surface area contributed by atoms with Crippen molar-refractivity contribution in [3.05, 3.63) is 59.1 Å². The molecule has 1 fully saturated rings. The lowest BCUT2D eigenvalue weighted by Crippen LogP contribution is -2.42. The Bertz CT molecular complexity index is 937. The van der Waals surface area contributed by atoms with Crippen LogP contribution < -0.4 is 15.4 Å². The number of urea groups is 1. The van der Waals surface area contributed by atoms with Crippen LogP contribution in [0.15, 0.2) is 48.5 Å². The molecule has 0 saturated carbocycles. The van der Waals surface area contributed by atoms with Crippen LogP contribution >= 0.6 is 11.6 Å². The van der Waals surface area contributed by atoms with Crippen molar-refractivity contribution in [2.24, 2.45) is 0 Å². The molecule has 1 heterocycles. The third kappa shape index (κ3) is 4.45. The second kappa shape index (κ2) is 8.04. The minimum absolute atomic E-state index is 0.0640. The molecular formula is C19H16ClF2N3O4. The lowest BCUT2D eigenvalue weighted by atomic mass is 9.92. The van der Waals surface area contributed by atoms with Crippen molar-refractivity contribution in [1.82, 2.24) is 10.2 Å². The van der Waals surface area contributed by atoms with Gasteiger partial charge in [0.1, 0.15) is 17.8 Å². The maximum atomic E-state index is 12.8. The normalized spacial score (nSPS) is 18.7. The van der Waals surface area contributed by atoms with Crippen molar-refractivity contribution in [3.63, 3.8) is 0 Å². The lowest BCUT2D eigenvalue weighted by molar-refractivity contribution is -0.133. The molecule has 1 aliphatic heterocycles. The van der Waals surface area contributed by atoms with Crippen molar-refractivity contribution in [2.45, 2.75) is 19.1 Å². The predicted molar refractivity (Wildman–Crippen MR) is 101 cm³/mol. The number of carbonyl (C=O) groups excluding carboxylic acids is 3. The Morgan fingerprint density at radius 1 is 1.17 bits per heavy atom. The summed E-state index contributed by atoms with van der Waals surface area (Å²) in [5.74, 6) is -1.28. The number of rotatable bonds is 6. The smallest absolute Gasteiger partial charge is 0.387 e. The van der Waals surface area contributed by atoms with E-state index in [1.165, 1.54) is 31.2 Å². The number of imide groups is 1. The fourth-order valence-electron chi connectivity index (χ4n) is 2.88. The Hall–Kier alpha value is -3.20. The summed E-state index contributed by atoms with van der Waals surface area (Å²) >= 11 is 5.86. The Morgan fingerprint density at radius 2 is 1.79 bits per heavy atom. The number of amides is 4. The molecule has 1 saturated heterocycles. The average Bonchev–Trinajstić information content (AvgIpc) is 2.87. The fraction of sp³-hybridized carbons (Fsp3) is 0.211. The summed E-state index contributed by atoms with van der Waals surface area (Å²) in [5, 5.41) is 5.56. The van der Waals surface area contributed by atoms with E-state index >= 15 is 0 Å². The molecular weight excluding hydrogens is 408 g/mol. The first-order valence-corrected chi connectivity index (χ1v) is 8.82. The number of alkyl halides is 2. The molecule has 4 amide bonds. The molecule has 3 rings (SSSR count). The number of ether oxygens (including phenoxy) is 1. The van der Waals surface area contributed by atoms with Gasteiger partial charge >= 0.3 is 12.6 Å². The van der Waals surface area contributed by atoms with Crippen molar-refractivity contribution >= 4 is 35.1 Å². The van der Waals surface area contributed by atoms with Gasteiger partial charge in [0.25, 0.3) is 5.91 Å². The van der Waals surface area contributed by atoms with Gasteiger partial charge in [-0.15, -0.1) is 0 Å². The molecule has 10 heteroatoms. The van der Waals surface area contributed by atoms with Gasteiger partial charge in [-0.05, 0) is 48.9 Å². The molecule has 7 nitrogen and oxygen atoms in total. The molecule has 0 radical (unpaired) electrons. The topological polar surface area (TPSA) is 87.7 Å². The van der Waals surface area contributed by atoms with E-state index in [1.54, 1.807) is 24.3 Å². The van der Waals surface area contributed by atoms with Crippen LogP contribution in [0.25, 0.3) is 0 Å². The molecule has 0 spiro atoms. The van der Waals surface area contributed by atoms with E-state index in [-0.39, 0.29) is 5.75 Å². The van der Waals surface area contributed by atoms with Gasteiger partial charge in [-0.1, -0.05) is 23.7 Å². The summed E-state index contributed by atoms with van der Waals surface area (Å²) in [6, 6.07) is 11.0. The third-order valence-electron chi connectivity index (χ3n) is 4.36. The molecule has 0 aliphatic carbocycles. The summed E-state index contributed by atoms with van der Waals surface area (Å²) in [4.78, 5) is 38.1. The van der Waals surface area contributed by atoms with Crippen molar-refractivity contribution in [2.75, 3.05) is 11.9 Å². The number of benzene rings is 2. The SMILES string of the molecule is C[C@@]1(c2ccc(Cl)cc2)NC(=O)N(CC(=O)Nc2ccc(OC(F)F)cc2)C1=O. The van der Waals surface area contributed by atoms with Crippen molar-refractivity contribution < 1.29 is 27.9 Å². The molecule has 0 aromatic heterocycles. The van der Waals surface area contributed by atoms with Gasteiger partial charge in [0, 0.05) is 10.7 Å². The van der Waals surface area contributed by atoms with E-state index in [1.807, 2.05) is 0 Å². The van der Waals surface area contributed by atoms with Crippen molar-refractivity contribution in [1.29, 1.82) is 0 Å². The first kappa shape index (κ1) is 20.5. The van der Waals surface area contributed by atoms with Gasteiger partial charge in [0.2, 0.25) is 5.91 Å². The second-order valence-electron chi connectivity index (χ2n) is 6.40. The molecule has 152 valence electrons. The summed E-state index contributed by atoms with van der Waals surface area (Å²) in [7, 11) is 0. The molecule has 2 aromatic rings. The minimum atomic E-state index is -2.95. The Kier molecular flexibility index (Phi) is 5.69. The number of hydrogen-bond acceptors (Lipinski definition) is 4. The maximum absolute atomic E-state index is 12.8. The van der Waals surface area contributed by atoms with E-state index in [9.17, 15) is 23.2 Å². The van der Waals surface area contributed by atoms with Crippen LogP contribution in [0.3, 0.4) is 0 Å². The third-order valence-corrected chi connectivity index (χ3v) is 4.61. The Labute approximate surface area is 169 Å². The largest absolute Gasteiger partial charge is 0.435 e. The van der Waals surface area contributed by atoms with Crippen LogP contribution in [0.2, 0.25) is 5.02 Å². The highest BCUT2D eigenvalue weighted by molar-refractivity contribution is 6.30. The van der Waals surface area contributed by atoms with Crippen LogP contribution in [0.5, 0.6) is 5.75 Å². The zero-order valence-corrected chi connectivity index (χ0v) is 15.9. The van der Waals surface area contributed by atoms with Gasteiger partial charge in [-0.3, -0.25) is 14.5 Å².